The number of aliphatic hydroxyl groups is 2. The number of para-hydroxylation sites is 1. The van der Waals surface area contributed by atoms with Gasteiger partial charge in [-0.25, -0.2) is 19.5 Å². The summed E-state index contributed by atoms with van der Waals surface area (Å²) in [6.07, 6.45) is -2.13. The Balaban J connectivity index is 1.39. The molecule has 0 radical (unpaired) electrons. The summed E-state index contributed by atoms with van der Waals surface area (Å²) in [5.74, 6) is -0.0317. The van der Waals surface area contributed by atoms with E-state index in [0.29, 0.717) is 22.4 Å². The molecule has 16 heteroatoms. The Morgan fingerprint density at radius 1 is 1.22 bits per heavy atom. The van der Waals surface area contributed by atoms with Gasteiger partial charge in [-0.05, 0) is 18.1 Å². The lowest BCUT2D eigenvalue weighted by Gasteiger charge is -2.27. The van der Waals surface area contributed by atoms with Gasteiger partial charge in [-0.15, -0.1) is 0 Å². The van der Waals surface area contributed by atoms with Crippen LogP contribution in [0.15, 0.2) is 48.0 Å². The highest BCUT2D eigenvalue weighted by Gasteiger charge is 2.46. The predicted molar refractivity (Wildman–Crippen MR) is 147 cm³/mol. The maximum atomic E-state index is 13.9. The van der Waals surface area contributed by atoms with Gasteiger partial charge >= 0.3 is 13.7 Å². The van der Waals surface area contributed by atoms with E-state index in [2.05, 4.69) is 20.2 Å². The van der Waals surface area contributed by atoms with Crippen molar-refractivity contribution in [3.8, 4) is 5.75 Å². The van der Waals surface area contributed by atoms with Crippen LogP contribution in [0.3, 0.4) is 0 Å². The lowest BCUT2D eigenvalue weighted by atomic mass is 10.1. The molecule has 5 rings (SSSR count). The number of hydrazone groups is 1. The highest BCUT2D eigenvalue weighted by molar-refractivity contribution is 7.52. The first-order valence-corrected chi connectivity index (χ1v) is 14.4. The van der Waals surface area contributed by atoms with Crippen molar-refractivity contribution >= 4 is 36.4 Å². The predicted octanol–water partition coefficient (Wildman–Crippen LogP) is 1.11. The minimum absolute atomic E-state index is 0.220. The first kappa shape index (κ1) is 28.9. The molecule has 0 amide bonds. The number of esters is 1. The summed E-state index contributed by atoms with van der Waals surface area (Å²) in [5, 5.41) is 30.9. The number of nitrogens with one attached hydrogen (secondary N) is 1. The van der Waals surface area contributed by atoms with Gasteiger partial charge in [0, 0.05) is 18.8 Å². The van der Waals surface area contributed by atoms with Gasteiger partial charge in [-0.2, -0.15) is 10.2 Å². The van der Waals surface area contributed by atoms with Gasteiger partial charge in [0.05, 0.1) is 19.1 Å². The Morgan fingerprint density at radius 2 is 1.95 bits per heavy atom. The van der Waals surface area contributed by atoms with Crippen LogP contribution in [0.4, 0.5) is 5.82 Å². The number of benzene rings is 1. The molecule has 0 spiro atoms. The molecular formula is C25H32N7O8P. The maximum absolute atomic E-state index is 13.9. The van der Waals surface area contributed by atoms with Gasteiger partial charge in [0.2, 0.25) is 0 Å². The fourth-order valence-electron chi connectivity index (χ4n) is 4.71. The molecule has 6 atom stereocenters. The van der Waals surface area contributed by atoms with Gasteiger partial charge in [-0.1, -0.05) is 32.0 Å². The molecule has 2 aliphatic rings. The number of nitrogens with two attached hydrogens (primary N) is 1. The smallest absolute Gasteiger partial charge is 0.459 e. The summed E-state index contributed by atoms with van der Waals surface area (Å²) in [4.78, 5) is 21.0. The van der Waals surface area contributed by atoms with Crippen molar-refractivity contribution in [3.63, 3.8) is 0 Å². The van der Waals surface area contributed by atoms with E-state index < -0.39 is 50.9 Å². The fourth-order valence-corrected chi connectivity index (χ4v) is 6.38. The third-order valence-electron chi connectivity index (χ3n) is 6.84. The summed E-state index contributed by atoms with van der Waals surface area (Å²) in [6, 6.07) is 7.24. The number of methoxy groups -OCH3 is 1. The summed E-state index contributed by atoms with van der Waals surface area (Å²) in [6.45, 7) is 3.02. The van der Waals surface area contributed by atoms with Crippen molar-refractivity contribution in [1.82, 2.24) is 19.6 Å². The van der Waals surface area contributed by atoms with E-state index in [9.17, 15) is 19.6 Å². The second kappa shape index (κ2) is 11.4. The van der Waals surface area contributed by atoms with Crippen molar-refractivity contribution in [1.29, 1.82) is 0 Å². The van der Waals surface area contributed by atoms with E-state index in [-0.39, 0.29) is 17.5 Å². The summed E-state index contributed by atoms with van der Waals surface area (Å²) < 4.78 is 37.7. The van der Waals surface area contributed by atoms with E-state index in [1.165, 1.54) is 23.0 Å². The summed E-state index contributed by atoms with van der Waals surface area (Å²) in [7, 11) is -1.34. The number of anilines is 1. The topological polar surface area (TPSA) is 196 Å². The standard InChI is InChI=1S/C25H32N7O8P/c1-13(2)18(25(35)37-4)30-41(36,40-14-8-6-5-7-9-14)38-11-16-19(33)20(34)24(39-16)32-10-15-17-22(27-12-28-23(17)32)31(3)29-21(15)26/h5-10,12-13,16,18-20,24,33-34H,11H2,1-4H3,(H2,26,29)(H,30,36)/t16-,18+,19-,20-,24-,41?/m1/s1. The molecule has 0 bridgehead atoms. The summed E-state index contributed by atoms with van der Waals surface area (Å²) in [5.41, 5.74) is 7.08. The quantitative estimate of drug-likeness (QED) is 0.194. The molecule has 2 aromatic heterocycles. The van der Waals surface area contributed by atoms with Crippen LogP contribution in [-0.4, -0.2) is 81.7 Å². The van der Waals surface area contributed by atoms with E-state index in [1.54, 1.807) is 57.4 Å². The lowest BCUT2D eigenvalue weighted by molar-refractivity contribution is -0.143. The van der Waals surface area contributed by atoms with Crippen LogP contribution in [0.25, 0.3) is 11.0 Å². The number of hydrogen-bond donors (Lipinski definition) is 4. The van der Waals surface area contributed by atoms with Gasteiger partial charge in [-0.3, -0.25) is 9.32 Å². The number of ether oxygens (including phenoxy) is 2. The first-order valence-electron chi connectivity index (χ1n) is 12.8. The zero-order valence-corrected chi connectivity index (χ0v) is 23.7. The van der Waals surface area contributed by atoms with Gasteiger partial charge in [0.1, 0.15) is 42.1 Å². The Hall–Kier alpha value is -3.59. The molecule has 41 heavy (non-hydrogen) atoms. The number of carbonyl (C=O) groups is 1. The van der Waals surface area contributed by atoms with Gasteiger partial charge < -0.3 is 34.5 Å². The van der Waals surface area contributed by atoms with E-state index in [0.717, 1.165) is 0 Å². The van der Waals surface area contributed by atoms with E-state index in [1.807, 2.05) is 0 Å². The van der Waals surface area contributed by atoms with Crippen molar-refractivity contribution in [2.45, 2.75) is 44.4 Å². The van der Waals surface area contributed by atoms with Gasteiger partial charge in [0.25, 0.3) is 0 Å². The minimum atomic E-state index is -4.25. The van der Waals surface area contributed by atoms with Gasteiger partial charge in [0.15, 0.2) is 17.9 Å². The Bertz CT molecular complexity index is 1500. The van der Waals surface area contributed by atoms with Crippen LogP contribution in [-0.2, 0) is 23.4 Å². The van der Waals surface area contributed by atoms with Crippen molar-refractivity contribution in [2.24, 2.45) is 16.8 Å². The highest BCUT2D eigenvalue weighted by atomic mass is 31.2. The van der Waals surface area contributed by atoms with Crippen molar-refractivity contribution < 1.29 is 38.1 Å². The molecule has 1 saturated heterocycles. The Morgan fingerprint density at radius 3 is 2.63 bits per heavy atom. The normalized spacial score (nSPS) is 24.3. The molecule has 220 valence electrons. The molecule has 5 N–H and O–H groups in total. The number of amidine groups is 1. The molecule has 3 aromatic rings. The third kappa shape index (κ3) is 5.52. The monoisotopic (exact) mass is 589 g/mol. The molecule has 4 heterocycles. The zero-order chi connectivity index (χ0) is 29.5. The number of hydrogen-bond acceptors (Lipinski definition) is 13. The van der Waals surface area contributed by atoms with Crippen LogP contribution in [0, 0.1) is 5.92 Å². The van der Waals surface area contributed by atoms with E-state index in [4.69, 9.17) is 24.3 Å². The van der Waals surface area contributed by atoms with Crippen LogP contribution >= 0.6 is 7.75 Å². The number of carbonyl (C=O) groups excluding carboxylic acids is 1. The third-order valence-corrected chi connectivity index (χ3v) is 8.37. The fraction of sp³-hybridized carbons (Fsp3) is 0.440. The number of aliphatic hydroxyl groups excluding tert-OH is 2. The van der Waals surface area contributed by atoms with Crippen LogP contribution in [0.2, 0.25) is 0 Å². The molecule has 0 aliphatic carbocycles. The average Bonchev–Trinajstić information content (AvgIpc) is 3.47. The second-order valence-electron chi connectivity index (χ2n) is 9.97. The average molecular weight is 590 g/mol. The molecule has 2 aliphatic heterocycles. The molecular weight excluding hydrogens is 557 g/mol. The molecule has 1 unspecified atom stereocenters. The lowest BCUT2D eigenvalue weighted by Crippen LogP contribution is -2.42. The highest BCUT2D eigenvalue weighted by Crippen LogP contribution is 2.47. The summed E-state index contributed by atoms with van der Waals surface area (Å²) >= 11 is 0. The molecule has 1 fully saturated rings. The molecule has 1 aromatic carbocycles. The van der Waals surface area contributed by atoms with Crippen LogP contribution in [0.1, 0.15) is 25.6 Å². The molecule has 15 nitrogen and oxygen atoms in total. The SMILES string of the molecule is COC(=O)[C@@H](NP(=O)(OC[C@H]1O[C@@H](n2cc3c4c(ncnc42)N(C)N=C3N)[C@H](O)[C@@H]1O)Oc1ccccc1)C(C)C. The number of nitrogens with zero attached hydrogens (tertiary/aromatic N) is 5. The van der Waals surface area contributed by atoms with Crippen LogP contribution in [0.5, 0.6) is 5.75 Å². The Labute approximate surface area is 235 Å². The zero-order valence-electron chi connectivity index (χ0n) is 22.8. The largest absolute Gasteiger partial charge is 0.468 e. The first-order chi connectivity index (χ1) is 19.5. The van der Waals surface area contributed by atoms with Crippen molar-refractivity contribution in [2.75, 3.05) is 25.8 Å². The molecule has 0 saturated carbocycles. The van der Waals surface area contributed by atoms with Crippen molar-refractivity contribution in [3.05, 3.63) is 48.4 Å². The maximum Gasteiger partial charge on any atom is 0.459 e. The number of aromatic nitrogens is 3. The van der Waals surface area contributed by atoms with Crippen LogP contribution < -0.4 is 20.4 Å². The minimum Gasteiger partial charge on any atom is -0.468 e. The van der Waals surface area contributed by atoms with E-state index >= 15 is 0 Å². The Kier molecular flexibility index (Phi) is 8.01. The second-order valence-corrected chi connectivity index (χ2v) is 11.7. The number of rotatable bonds is 10.